The van der Waals surface area contributed by atoms with Crippen molar-refractivity contribution in [2.45, 2.75) is 180 Å². The highest BCUT2D eigenvalue weighted by Crippen LogP contribution is 2.47. The van der Waals surface area contributed by atoms with Crippen LogP contribution in [0.2, 0.25) is 54.4 Å². The zero-order chi connectivity index (χ0) is 40.9. The number of ether oxygens (including phenoxy) is 2. The number of nitrogens with one attached hydrogen (secondary N) is 1. The molecule has 1 aliphatic heterocycles. The smallest absolute Gasteiger partial charge is 0.341 e. The normalized spacial score (nSPS) is 22.2. The lowest BCUT2D eigenvalue weighted by Gasteiger charge is -2.44. The lowest BCUT2D eigenvalue weighted by Crippen LogP contribution is -2.54. The maximum atomic E-state index is 12.6. The maximum absolute atomic E-state index is 12.6. The predicted octanol–water partition coefficient (Wildman–Crippen LogP) is 9.24. The molecule has 4 atom stereocenters. The van der Waals surface area contributed by atoms with Crippen molar-refractivity contribution in [2.24, 2.45) is 0 Å². The van der Waals surface area contributed by atoms with Gasteiger partial charge in [0.25, 0.3) is 5.95 Å². The molecule has 1 N–H and O–H groups in total. The molecule has 2 aliphatic rings. The lowest BCUT2D eigenvalue weighted by atomic mass is 10.1. The highest BCUT2D eigenvalue weighted by molar-refractivity contribution is 6.75. The monoisotopic (exact) mass is 815 g/mol. The van der Waals surface area contributed by atoms with E-state index in [2.05, 4.69) is 112 Å². The Bertz CT molecular complexity index is 1800. The van der Waals surface area contributed by atoms with Gasteiger partial charge in [0, 0.05) is 12.2 Å². The number of carbonyl (C=O) groups is 1. The zero-order valence-corrected chi connectivity index (χ0v) is 39.5. The van der Waals surface area contributed by atoms with Crippen molar-refractivity contribution in [2.75, 3.05) is 18.5 Å². The summed E-state index contributed by atoms with van der Waals surface area (Å²) in [6, 6.07) is 0.264. The number of hydrogen-bond acceptors (Lipinski definition) is 11. The predicted molar refractivity (Wildman–Crippen MR) is 225 cm³/mol. The third-order valence-electron chi connectivity index (χ3n) is 12.9. The van der Waals surface area contributed by atoms with E-state index in [-0.39, 0.29) is 27.8 Å². The largest absolute Gasteiger partial charge is 0.462 e. The van der Waals surface area contributed by atoms with Crippen LogP contribution in [-0.4, -0.2) is 97.8 Å². The molecule has 1 aliphatic carbocycles. The van der Waals surface area contributed by atoms with E-state index in [1.807, 2.05) is 4.57 Å². The van der Waals surface area contributed by atoms with E-state index in [9.17, 15) is 4.79 Å². The van der Waals surface area contributed by atoms with Crippen LogP contribution in [-0.2, 0) is 22.8 Å². The van der Waals surface area contributed by atoms with Gasteiger partial charge in [0.1, 0.15) is 18.3 Å². The molecule has 0 radical (unpaired) electrons. The highest BCUT2D eigenvalue weighted by Gasteiger charge is 2.55. The first-order valence-electron chi connectivity index (χ1n) is 20.1. The number of rotatable bonds is 13. The van der Waals surface area contributed by atoms with Crippen molar-refractivity contribution in [3.63, 3.8) is 0 Å². The van der Waals surface area contributed by atoms with E-state index in [1.54, 1.807) is 19.4 Å². The van der Waals surface area contributed by atoms with Crippen LogP contribution < -0.4 is 5.32 Å². The van der Waals surface area contributed by atoms with E-state index in [1.165, 1.54) is 10.9 Å². The summed E-state index contributed by atoms with van der Waals surface area (Å²) in [6.07, 6.45) is 7.37. The van der Waals surface area contributed by atoms with E-state index in [4.69, 9.17) is 37.7 Å². The molecule has 5 rings (SSSR count). The van der Waals surface area contributed by atoms with Crippen molar-refractivity contribution in [3.8, 4) is 5.95 Å². The Labute approximate surface area is 332 Å². The fraction of sp³-hybridized carbons (Fsp3) is 0.769. The molecule has 0 bridgehead atoms. The maximum Gasteiger partial charge on any atom is 0.341 e. The van der Waals surface area contributed by atoms with Crippen molar-refractivity contribution in [1.29, 1.82) is 0 Å². The summed E-state index contributed by atoms with van der Waals surface area (Å²) in [7, 11) is -6.91. The Morgan fingerprint density at radius 1 is 0.873 bits per heavy atom. The lowest BCUT2D eigenvalue weighted by molar-refractivity contribution is -0.0470. The molecular weight excluding hydrogens is 747 g/mol. The second-order valence-electron chi connectivity index (χ2n) is 20.0. The van der Waals surface area contributed by atoms with Gasteiger partial charge in [0.15, 0.2) is 48.2 Å². The van der Waals surface area contributed by atoms with Crippen LogP contribution >= 0.6 is 0 Å². The van der Waals surface area contributed by atoms with E-state index in [0.29, 0.717) is 35.1 Å². The number of nitrogens with zero attached hydrogens (tertiary/aromatic N) is 6. The van der Waals surface area contributed by atoms with Crippen LogP contribution in [0.4, 0.5) is 5.82 Å². The average molecular weight is 816 g/mol. The van der Waals surface area contributed by atoms with Crippen molar-refractivity contribution < 1.29 is 27.5 Å². The van der Waals surface area contributed by atoms with Crippen LogP contribution in [0.25, 0.3) is 17.1 Å². The molecule has 0 aromatic carbocycles. The minimum atomic E-state index is -2.40. The van der Waals surface area contributed by atoms with Crippen molar-refractivity contribution in [3.05, 3.63) is 24.3 Å². The van der Waals surface area contributed by atoms with Crippen molar-refractivity contribution in [1.82, 2.24) is 29.3 Å². The molecule has 13 nitrogen and oxygen atoms in total. The molecule has 1 saturated carbocycles. The summed E-state index contributed by atoms with van der Waals surface area (Å²) < 4.78 is 37.7. The highest BCUT2D eigenvalue weighted by atomic mass is 28.4. The Hall–Kier alpha value is -2.48. The fourth-order valence-corrected chi connectivity index (χ4v) is 9.80. The molecule has 0 amide bonds. The molecule has 308 valence electrons. The summed E-state index contributed by atoms with van der Waals surface area (Å²) in [6.45, 7) is 36.4. The summed E-state index contributed by atoms with van der Waals surface area (Å²) in [5.74, 6) is 0.468. The van der Waals surface area contributed by atoms with Gasteiger partial charge in [-0.1, -0.05) is 75.2 Å². The number of esters is 1. The van der Waals surface area contributed by atoms with E-state index < -0.39 is 55.5 Å². The van der Waals surface area contributed by atoms with Crippen LogP contribution in [0.3, 0.4) is 0 Å². The molecule has 2 fully saturated rings. The van der Waals surface area contributed by atoms with Gasteiger partial charge < -0.3 is 28.1 Å². The minimum Gasteiger partial charge on any atom is -0.462 e. The van der Waals surface area contributed by atoms with Gasteiger partial charge in [-0.2, -0.15) is 15.1 Å². The second-order valence-corrected chi connectivity index (χ2v) is 34.4. The van der Waals surface area contributed by atoms with Crippen LogP contribution in [0.5, 0.6) is 0 Å². The minimum absolute atomic E-state index is 0.0219. The molecule has 0 unspecified atom stereocenters. The Balaban J connectivity index is 1.68. The molecule has 3 aromatic heterocycles. The molecule has 16 heteroatoms. The zero-order valence-electron chi connectivity index (χ0n) is 36.5. The third kappa shape index (κ3) is 9.31. The molecule has 0 spiro atoms. The molecule has 55 heavy (non-hydrogen) atoms. The molecule has 1 saturated heterocycles. The Kier molecular flexibility index (Phi) is 12.5. The standard InChI is InChI=1S/C39H69N7O6Si3/c1-17-48-35(47)26-22-41-46(23-26)36-43-32(42-27-20-18-19-21-27)29-33(44-36)45(25-40-29)34-31(52-55(15,16)39(8,9)10)30(51-54(13,14)38(5,6)7)28(50-34)24-49-53(11,12)37(2,3)4/h22-23,25,27-28,30-31,34H,17-21,24H2,1-16H3,(H,42,43,44)/t28-,30-,31-,34-/m1/s1. The van der Waals surface area contributed by atoms with E-state index in [0.717, 1.165) is 25.7 Å². The van der Waals surface area contributed by atoms with Gasteiger partial charge in [0.2, 0.25) is 0 Å². The molecule has 4 heterocycles. The molecular formula is C39H69N7O6Si3. The summed E-state index contributed by atoms with van der Waals surface area (Å²) in [4.78, 5) is 27.6. The second kappa shape index (κ2) is 15.7. The first-order valence-corrected chi connectivity index (χ1v) is 28.9. The van der Waals surface area contributed by atoms with Gasteiger partial charge in [-0.3, -0.25) is 4.57 Å². The van der Waals surface area contributed by atoms with Gasteiger partial charge in [-0.05, 0) is 74.2 Å². The SMILES string of the molecule is CCOC(=O)c1cnn(-c2nc(NC3CCCC3)c3ncn([C@@H]4O[C@H](CO[Si](C)(C)C(C)(C)C)[C@@H](O[Si](C)(C)C(C)(C)C)[C@H]4O[Si](C)(C)C(C)(C)C)c3n2)c1. The first kappa shape index (κ1) is 43.6. The van der Waals surface area contributed by atoms with Crippen LogP contribution in [0.15, 0.2) is 18.7 Å². The number of carbonyl (C=O) groups excluding carboxylic acids is 1. The number of imidazole rings is 1. The summed E-state index contributed by atoms with van der Waals surface area (Å²) in [5.41, 5.74) is 1.53. The van der Waals surface area contributed by atoms with E-state index >= 15 is 0 Å². The average Bonchev–Trinajstić information content (AvgIpc) is 3.86. The number of aromatic nitrogens is 6. The molecule has 3 aromatic rings. The van der Waals surface area contributed by atoms with Crippen molar-refractivity contribution >= 4 is 47.9 Å². The fourth-order valence-electron chi connectivity index (χ4n) is 6.18. The topological polar surface area (TPSA) is 137 Å². The number of anilines is 1. The van der Waals surface area contributed by atoms with Gasteiger partial charge in [-0.15, -0.1) is 0 Å². The quantitative estimate of drug-likeness (QED) is 0.131. The number of fused-ring (bicyclic) bond motifs is 1. The van der Waals surface area contributed by atoms with Gasteiger partial charge in [0.05, 0.1) is 31.3 Å². The van der Waals surface area contributed by atoms with Crippen LogP contribution in [0, 0.1) is 0 Å². The first-order chi connectivity index (χ1) is 25.3. The summed E-state index contributed by atoms with van der Waals surface area (Å²) >= 11 is 0. The van der Waals surface area contributed by atoms with Gasteiger partial charge in [-0.25, -0.2) is 14.5 Å². The van der Waals surface area contributed by atoms with Gasteiger partial charge >= 0.3 is 5.97 Å². The third-order valence-corrected chi connectivity index (χ3v) is 26.3. The summed E-state index contributed by atoms with van der Waals surface area (Å²) in [5, 5.41) is 8.06. The number of hydrogen-bond donors (Lipinski definition) is 1. The Morgan fingerprint density at radius 3 is 2.02 bits per heavy atom. The Morgan fingerprint density at radius 2 is 1.45 bits per heavy atom. The van der Waals surface area contributed by atoms with Crippen LogP contribution in [0.1, 0.15) is 112 Å².